The summed E-state index contributed by atoms with van der Waals surface area (Å²) in [5.41, 5.74) is 2.89. The van der Waals surface area contributed by atoms with Crippen LogP contribution >= 0.6 is 0 Å². The minimum Gasteiger partial charge on any atom is -0.494 e. The number of carbonyl (C=O) groups is 2. The number of rotatable bonds is 7. The third kappa shape index (κ3) is 4.03. The Morgan fingerprint density at radius 3 is 2.73 bits per heavy atom. The lowest BCUT2D eigenvalue weighted by molar-refractivity contribution is -0.121. The van der Waals surface area contributed by atoms with Crippen molar-refractivity contribution >= 4 is 17.5 Å². The van der Waals surface area contributed by atoms with Gasteiger partial charge in [-0.1, -0.05) is 30.3 Å². The molecule has 0 radical (unpaired) electrons. The summed E-state index contributed by atoms with van der Waals surface area (Å²) in [6.45, 7) is 2.91. The molecular formula is C24H23N3O3. The van der Waals surface area contributed by atoms with Crippen molar-refractivity contribution in [2.24, 2.45) is 0 Å². The van der Waals surface area contributed by atoms with Gasteiger partial charge in [0, 0.05) is 18.4 Å². The van der Waals surface area contributed by atoms with Crippen LogP contribution in [0, 0.1) is 0 Å². The Balaban J connectivity index is 1.50. The van der Waals surface area contributed by atoms with Gasteiger partial charge in [-0.3, -0.25) is 19.5 Å². The van der Waals surface area contributed by atoms with Crippen LogP contribution in [0.25, 0.3) is 0 Å². The van der Waals surface area contributed by atoms with Crippen LogP contribution in [0.3, 0.4) is 0 Å². The number of benzene rings is 2. The zero-order valence-corrected chi connectivity index (χ0v) is 16.7. The van der Waals surface area contributed by atoms with Crippen LogP contribution in [0.4, 0.5) is 5.69 Å². The maximum absolute atomic E-state index is 13.0. The van der Waals surface area contributed by atoms with E-state index < -0.39 is 6.04 Å². The van der Waals surface area contributed by atoms with Crippen molar-refractivity contribution in [2.45, 2.75) is 25.9 Å². The van der Waals surface area contributed by atoms with E-state index in [0.717, 1.165) is 17.0 Å². The summed E-state index contributed by atoms with van der Waals surface area (Å²) in [5, 5.41) is 2.95. The molecule has 0 aliphatic carbocycles. The molecule has 4 rings (SSSR count). The molecule has 0 saturated carbocycles. The SMILES string of the molecule is CCOc1cccc(CNC(=O)CC2c3ncccc3C(=O)N2c2ccccc2)c1. The van der Waals surface area contributed by atoms with E-state index in [-0.39, 0.29) is 18.2 Å². The van der Waals surface area contributed by atoms with Gasteiger partial charge in [-0.2, -0.15) is 0 Å². The summed E-state index contributed by atoms with van der Waals surface area (Å²) in [7, 11) is 0. The Morgan fingerprint density at radius 2 is 1.93 bits per heavy atom. The van der Waals surface area contributed by atoms with Crippen molar-refractivity contribution in [3.8, 4) is 5.75 Å². The quantitative estimate of drug-likeness (QED) is 0.652. The van der Waals surface area contributed by atoms with Crippen molar-refractivity contribution in [3.63, 3.8) is 0 Å². The summed E-state index contributed by atoms with van der Waals surface area (Å²) in [6, 6.07) is 20.1. The van der Waals surface area contributed by atoms with Crippen molar-refractivity contribution in [1.29, 1.82) is 0 Å². The van der Waals surface area contributed by atoms with E-state index in [2.05, 4.69) is 10.3 Å². The molecule has 1 aliphatic heterocycles. The van der Waals surface area contributed by atoms with E-state index in [1.165, 1.54) is 0 Å². The molecule has 2 aromatic carbocycles. The monoisotopic (exact) mass is 401 g/mol. The van der Waals surface area contributed by atoms with E-state index in [0.29, 0.717) is 24.4 Å². The second-order valence-corrected chi connectivity index (χ2v) is 7.02. The third-order valence-corrected chi connectivity index (χ3v) is 5.03. The predicted molar refractivity (Wildman–Crippen MR) is 114 cm³/mol. The van der Waals surface area contributed by atoms with Gasteiger partial charge in [-0.05, 0) is 48.9 Å². The standard InChI is InChI=1S/C24H23N3O3/c1-2-30-19-11-6-8-17(14-19)16-26-22(28)15-21-23-20(12-7-13-25-23)24(29)27(21)18-9-4-3-5-10-18/h3-14,21H,2,15-16H2,1H3,(H,26,28). The fourth-order valence-electron chi connectivity index (χ4n) is 3.69. The summed E-state index contributed by atoms with van der Waals surface area (Å²) in [6.07, 6.45) is 1.79. The molecule has 1 aromatic heterocycles. The van der Waals surface area contributed by atoms with Gasteiger partial charge in [0.1, 0.15) is 5.75 Å². The molecule has 1 atom stereocenters. The van der Waals surface area contributed by atoms with Crippen molar-refractivity contribution in [3.05, 3.63) is 89.7 Å². The number of ether oxygens (including phenoxy) is 1. The number of hydrogen-bond acceptors (Lipinski definition) is 4. The first-order chi connectivity index (χ1) is 14.7. The number of aromatic nitrogens is 1. The van der Waals surface area contributed by atoms with Crippen LogP contribution < -0.4 is 15.0 Å². The van der Waals surface area contributed by atoms with Crippen molar-refractivity contribution in [2.75, 3.05) is 11.5 Å². The fraction of sp³-hybridized carbons (Fsp3) is 0.208. The first kappa shape index (κ1) is 19.6. The molecule has 2 heterocycles. The molecule has 1 unspecified atom stereocenters. The Labute approximate surface area is 175 Å². The number of anilines is 1. The molecule has 6 heteroatoms. The number of nitrogens with one attached hydrogen (secondary N) is 1. The lowest BCUT2D eigenvalue weighted by atomic mass is 10.1. The molecule has 0 fully saturated rings. The highest BCUT2D eigenvalue weighted by Gasteiger charge is 2.39. The average Bonchev–Trinajstić information content (AvgIpc) is 3.05. The van der Waals surface area contributed by atoms with Crippen LogP contribution in [-0.2, 0) is 11.3 Å². The normalized spacial score (nSPS) is 15.0. The smallest absolute Gasteiger partial charge is 0.260 e. The third-order valence-electron chi connectivity index (χ3n) is 5.03. The second kappa shape index (κ2) is 8.78. The number of fused-ring (bicyclic) bond motifs is 1. The average molecular weight is 401 g/mol. The van der Waals surface area contributed by atoms with Crippen molar-refractivity contribution in [1.82, 2.24) is 10.3 Å². The Bertz CT molecular complexity index is 1050. The fourth-order valence-corrected chi connectivity index (χ4v) is 3.69. The zero-order valence-electron chi connectivity index (χ0n) is 16.7. The Kier molecular flexibility index (Phi) is 5.75. The van der Waals surface area contributed by atoms with Gasteiger partial charge in [0.2, 0.25) is 5.91 Å². The van der Waals surface area contributed by atoms with Crippen LogP contribution in [0.5, 0.6) is 5.75 Å². The maximum atomic E-state index is 13.0. The van der Waals surface area contributed by atoms with E-state index in [4.69, 9.17) is 4.74 Å². The van der Waals surface area contributed by atoms with Gasteiger partial charge < -0.3 is 10.1 Å². The number of amides is 2. The van der Waals surface area contributed by atoms with E-state index in [1.807, 2.05) is 61.5 Å². The molecule has 6 nitrogen and oxygen atoms in total. The first-order valence-electron chi connectivity index (χ1n) is 9.99. The topological polar surface area (TPSA) is 71.5 Å². The summed E-state index contributed by atoms with van der Waals surface area (Å²) >= 11 is 0. The number of para-hydroxylation sites is 1. The van der Waals surface area contributed by atoms with Gasteiger partial charge in [-0.25, -0.2) is 0 Å². The van der Waals surface area contributed by atoms with Gasteiger partial charge in [-0.15, -0.1) is 0 Å². The van der Waals surface area contributed by atoms with Gasteiger partial charge >= 0.3 is 0 Å². The molecule has 30 heavy (non-hydrogen) atoms. The molecule has 0 saturated heterocycles. The van der Waals surface area contributed by atoms with E-state index >= 15 is 0 Å². The number of hydrogen-bond donors (Lipinski definition) is 1. The first-order valence-corrected chi connectivity index (χ1v) is 9.99. The summed E-state index contributed by atoms with van der Waals surface area (Å²) in [5.74, 6) is 0.500. The van der Waals surface area contributed by atoms with E-state index in [9.17, 15) is 9.59 Å². The molecule has 2 amide bonds. The lowest BCUT2D eigenvalue weighted by Gasteiger charge is -2.24. The van der Waals surface area contributed by atoms with Crippen LogP contribution in [0.2, 0.25) is 0 Å². The van der Waals surface area contributed by atoms with Crippen LogP contribution in [0.15, 0.2) is 72.9 Å². The minimum absolute atomic E-state index is 0.133. The highest BCUT2D eigenvalue weighted by molar-refractivity contribution is 6.11. The number of carbonyl (C=O) groups excluding carboxylic acids is 2. The maximum Gasteiger partial charge on any atom is 0.260 e. The molecule has 3 aromatic rings. The molecule has 1 N–H and O–H groups in total. The highest BCUT2D eigenvalue weighted by Crippen LogP contribution is 2.38. The Hall–Kier alpha value is -3.67. The summed E-state index contributed by atoms with van der Waals surface area (Å²) in [4.78, 5) is 31.8. The lowest BCUT2D eigenvalue weighted by Crippen LogP contribution is -2.32. The molecule has 152 valence electrons. The number of nitrogens with zero attached hydrogens (tertiary/aromatic N) is 2. The van der Waals surface area contributed by atoms with Gasteiger partial charge in [0.05, 0.1) is 30.3 Å². The van der Waals surface area contributed by atoms with Crippen LogP contribution in [-0.4, -0.2) is 23.4 Å². The molecule has 0 bridgehead atoms. The van der Waals surface area contributed by atoms with E-state index in [1.54, 1.807) is 23.2 Å². The molecular weight excluding hydrogens is 378 g/mol. The number of pyridine rings is 1. The minimum atomic E-state index is -0.439. The second-order valence-electron chi connectivity index (χ2n) is 7.02. The zero-order chi connectivity index (χ0) is 20.9. The molecule has 0 spiro atoms. The Morgan fingerprint density at radius 1 is 1.10 bits per heavy atom. The largest absolute Gasteiger partial charge is 0.494 e. The highest BCUT2D eigenvalue weighted by atomic mass is 16.5. The van der Waals surface area contributed by atoms with Gasteiger partial charge in [0.15, 0.2) is 0 Å². The molecule has 1 aliphatic rings. The predicted octanol–water partition coefficient (Wildman–Crippen LogP) is 3.89. The van der Waals surface area contributed by atoms with Crippen LogP contribution in [0.1, 0.15) is 41.0 Å². The summed E-state index contributed by atoms with van der Waals surface area (Å²) < 4.78 is 5.51. The van der Waals surface area contributed by atoms with Crippen molar-refractivity contribution < 1.29 is 14.3 Å². The van der Waals surface area contributed by atoms with Gasteiger partial charge in [0.25, 0.3) is 5.91 Å².